The Kier molecular flexibility index (Phi) is 3.99. The molecule has 1 fully saturated rings. The van der Waals surface area contributed by atoms with E-state index in [0.717, 1.165) is 30.8 Å². The van der Waals surface area contributed by atoms with Gasteiger partial charge in [-0.3, -0.25) is 9.59 Å². The Hall–Kier alpha value is -2.70. The van der Waals surface area contributed by atoms with Gasteiger partial charge in [0.25, 0.3) is 11.5 Å². The normalized spacial score (nSPS) is 16.8. The smallest absolute Gasteiger partial charge is 0.263 e. The highest BCUT2D eigenvalue weighted by Gasteiger charge is 2.25. The summed E-state index contributed by atoms with van der Waals surface area (Å²) in [5.74, 6) is 0.698. The molecular weight excluding hydrogens is 318 g/mol. The predicted octanol–water partition coefficient (Wildman–Crippen LogP) is 0.626. The first-order valence-corrected chi connectivity index (χ1v) is 8.69. The van der Waals surface area contributed by atoms with Gasteiger partial charge in [0, 0.05) is 39.4 Å². The summed E-state index contributed by atoms with van der Waals surface area (Å²) in [5.41, 5.74) is 2.41. The molecule has 0 saturated carbocycles. The third-order valence-corrected chi connectivity index (χ3v) is 5.05. The molecule has 0 atom stereocenters. The van der Waals surface area contributed by atoms with E-state index in [9.17, 15) is 9.59 Å². The highest BCUT2D eigenvalue weighted by Crippen LogP contribution is 2.23. The van der Waals surface area contributed by atoms with Crippen LogP contribution in [-0.4, -0.2) is 51.8 Å². The number of amides is 1. The van der Waals surface area contributed by atoms with Gasteiger partial charge in [-0.05, 0) is 43.0 Å². The molecule has 0 spiro atoms. The Morgan fingerprint density at radius 3 is 2.72 bits per heavy atom. The number of hydrogen-bond acceptors (Lipinski definition) is 5. The summed E-state index contributed by atoms with van der Waals surface area (Å²) < 4.78 is 1.43. The molecule has 0 radical (unpaired) electrons. The van der Waals surface area contributed by atoms with Gasteiger partial charge < -0.3 is 14.4 Å². The van der Waals surface area contributed by atoms with Gasteiger partial charge in [0.05, 0.1) is 5.69 Å². The lowest BCUT2D eigenvalue weighted by Crippen LogP contribution is -2.50. The predicted molar refractivity (Wildman–Crippen MR) is 93.9 cm³/mol. The lowest BCUT2D eigenvalue weighted by atomic mass is 10.2. The number of hydrogen-bond donors (Lipinski definition) is 0. The lowest BCUT2D eigenvalue weighted by molar-refractivity contribution is 0.0744. The Morgan fingerprint density at radius 2 is 1.92 bits per heavy atom. The van der Waals surface area contributed by atoms with Crippen molar-refractivity contribution < 1.29 is 4.79 Å². The number of anilines is 1. The molecule has 2 aromatic rings. The van der Waals surface area contributed by atoms with E-state index >= 15 is 0 Å². The molecule has 1 aliphatic carbocycles. The minimum Gasteiger partial charge on any atom is -0.352 e. The van der Waals surface area contributed by atoms with Crippen molar-refractivity contribution in [1.82, 2.24) is 19.7 Å². The second kappa shape index (κ2) is 6.31. The van der Waals surface area contributed by atoms with Crippen LogP contribution in [0, 0.1) is 0 Å². The van der Waals surface area contributed by atoms with Crippen LogP contribution >= 0.6 is 0 Å². The minimum atomic E-state index is -0.251. The van der Waals surface area contributed by atoms with E-state index in [4.69, 9.17) is 0 Å². The maximum absolute atomic E-state index is 12.6. The first kappa shape index (κ1) is 15.8. The molecule has 0 bridgehead atoms. The number of carbonyl (C=O) groups excluding carboxylic acids is 1. The molecule has 1 amide bonds. The van der Waals surface area contributed by atoms with Crippen LogP contribution in [0.3, 0.4) is 0 Å². The fourth-order valence-corrected chi connectivity index (χ4v) is 3.54. The Morgan fingerprint density at radius 1 is 1.12 bits per heavy atom. The number of rotatable bonds is 2. The van der Waals surface area contributed by atoms with Gasteiger partial charge in [0.15, 0.2) is 5.82 Å². The molecule has 3 heterocycles. The van der Waals surface area contributed by atoms with Crippen molar-refractivity contribution in [3.05, 3.63) is 51.6 Å². The largest absolute Gasteiger partial charge is 0.352 e. The van der Waals surface area contributed by atoms with Crippen LogP contribution in [0.4, 0.5) is 5.82 Å². The second-order valence-corrected chi connectivity index (χ2v) is 6.65. The van der Waals surface area contributed by atoms with Crippen molar-refractivity contribution >= 4 is 11.7 Å². The molecule has 0 unspecified atom stereocenters. The third-order valence-electron chi connectivity index (χ3n) is 5.05. The van der Waals surface area contributed by atoms with Crippen LogP contribution in [-0.2, 0) is 19.9 Å². The maximum Gasteiger partial charge on any atom is 0.263 e. The summed E-state index contributed by atoms with van der Waals surface area (Å²) in [6.07, 6.45) is 4.91. The van der Waals surface area contributed by atoms with Crippen molar-refractivity contribution in [2.24, 2.45) is 7.05 Å². The average molecular weight is 339 g/mol. The third kappa shape index (κ3) is 2.90. The van der Waals surface area contributed by atoms with Gasteiger partial charge in [0.2, 0.25) is 0 Å². The van der Waals surface area contributed by atoms with Gasteiger partial charge in [-0.15, -0.1) is 5.10 Å². The monoisotopic (exact) mass is 339 g/mol. The fraction of sp³-hybridized carbons (Fsp3) is 0.444. The van der Waals surface area contributed by atoms with E-state index in [0.29, 0.717) is 26.2 Å². The standard InChI is InChI=1S/C18H21N5O2/c1-21-7-3-5-14(17(21)24)18(25)23-10-8-22(9-11-23)16-12-13-4-2-6-15(13)19-20-16/h3,5,7,12H,2,4,6,8-11H2,1H3. The molecule has 1 aliphatic heterocycles. The minimum absolute atomic E-state index is 0.194. The molecular formula is C18H21N5O2. The second-order valence-electron chi connectivity index (χ2n) is 6.65. The molecule has 0 aromatic carbocycles. The van der Waals surface area contributed by atoms with Crippen LogP contribution in [0.2, 0.25) is 0 Å². The number of aryl methyl sites for hydroxylation is 3. The quantitative estimate of drug-likeness (QED) is 0.802. The molecule has 130 valence electrons. The van der Waals surface area contributed by atoms with Gasteiger partial charge in [-0.1, -0.05) is 0 Å². The Labute approximate surface area is 145 Å². The van der Waals surface area contributed by atoms with Crippen molar-refractivity contribution in [2.45, 2.75) is 19.3 Å². The summed E-state index contributed by atoms with van der Waals surface area (Å²) in [5, 5.41) is 8.69. The molecule has 25 heavy (non-hydrogen) atoms. The summed E-state index contributed by atoms with van der Waals surface area (Å²) >= 11 is 0. The van der Waals surface area contributed by atoms with Crippen molar-refractivity contribution in [3.8, 4) is 0 Å². The summed E-state index contributed by atoms with van der Waals surface area (Å²) in [6.45, 7) is 2.56. The molecule has 1 saturated heterocycles. The molecule has 2 aliphatic rings. The van der Waals surface area contributed by atoms with Gasteiger partial charge in [-0.2, -0.15) is 5.10 Å². The number of carbonyl (C=O) groups is 1. The lowest BCUT2D eigenvalue weighted by Gasteiger charge is -2.35. The molecule has 0 N–H and O–H groups in total. The number of nitrogens with zero attached hydrogens (tertiary/aromatic N) is 5. The van der Waals surface area contributed by atoms with E-state index in [1.54, 1.807) is 30.3 Å². The zero-order valence-electron chi connectivity index (χ0n) is 14.3. The number of fused-ring (bicyclic) bond motifs is 1. The molecule has 7 heteroatoms. The van der Waals surface area contributed by atoms with E-state index < -0.39 is 0 Å². The Bertz CT molecular complexity index is 868. The summed E-state index contributed by atoms with van der Waals surface area (Å²) in [6, 6.07) is 5.47. The highest BCUT2D eigenvalue weighted by molar-refractivity contribution is 5.94. The maximum atomic E-state index is 12.6. The summed E-state index contributed by atoms with van der Waals surface area (Å²) in [4.78, 5) is 28.7. The Balaban J connectivity index is 1.45. The first-order chi connectivity index (χ1) is 12.1. The molecule has 7 nitrogen and oxygen atoms in total. The molecule has 4 rings (SSSR count). The molecule has 2 aromatic heterocycles. The van der Waals surface area contributed by atoms with E-state index in [-0.39, 0.29) is 17.0 Å². The van der Waals surface area contributed by atoms with Gasteiger partial charge >= 0.3 is 0 Å². The van der Waals surface area contributed by atoms with Crippen LogP contribution < -0.4 is 10.5 Å². The highest BCUT2D eigenvalue weighted by atomic mass is 16.2. The van der Waals surface area contributed by atoms with Crippen molar-refractivity contribution in [1.29, 1.82) is 0 Å². The van der Waals surface area contributed by atoms with E-state index in [2.05, 4.69) is 21.2 Å². The van der Waals surface area contributed by atoms with Crippen LogP contribution in [0.15, 0.2) is 29.2 Å². The topological polar surface area (TPSA) is 71.3 Å². The zero-order valence-corrected chi connectivity index (χ0v) is 14.3. The van der Waals surface area contributed by atoms with Crippen LogP contribution in [0.5, 0.6) is 0 Å². The fourth-order valence-electron chi connectivity index (χ4n) is 3.54. The van der Waals surface area contributed by atoms with Gasteiger partial charge in [-0.25, -0.2) is 0 Å². The van der Waals surface area contributed by atoms with E-state index in [1.807, 2.05) is 0 Å². The number of piperazine rings is 1. The van der Waals surface area contributed by atoms with Crippen LogP contribution in [0.25, 0.3) is 0 Å². The summed E-state index contributed by atoms with van der Waals surface area (Å²) in [7, 11) is 1.66. The van der Waals surface area contributed by atoms with Crippen LogP contribution in [0.1, 0.15) is 28.0 Å². The zero-order chi connectivity index (χ0) is 17.4. The first-order valence-electron chi connectivity index (χ1n) is 8.69. The van der Waals surface area contributed by atoms with E-state index in [1.165, 1.54) is 10.1 Å². The number of pyridine rings is 1. The van der Waals surface area contributed by atoms with Crippen molar-refractivity contribution in [2.75, 3.05) is 31.1 Å². The SMILES string of the molecule is Cn1cccc(C(=O)N2CCN(c3cc4c(nn3)CCC4)CC2)c1=O. The van der Waals surface area contributed by atoms with Crippen molar-refractivity contribution in [3.63, 3.8) is 0 Å². The average Bonchev–Trinajstić information content (AvgIpc) is 3.11. The van der Waals surface area contributed by atoms with Gasteiger partial charge in [0.1, 0.15) is 5.56 Å². The number of aromatic nitrogens is 3.